The number of ether oxygens (including phenoxy) is 1. The number of nitrogens with one attached hydrogen (secondary N) is 2. The molecule has 2 N–H and O–H groups in total. The lowest BCUT2D eigenvalue weighted by atomic mass is 10.00. The van der Waals surface area contributed by atoms with E-state index in [2.05, 4.69) is 21.7 Å². The van der Waals surface area contributed by atoms with Gasteiger partial charge in [-0.2, -0.15) is 5.10 Å². The highest BCUT2D eigenvalue weighted by molar-refractivity contribution is 5.89. The highest BCUT2D eigenvalue weighted by atomic mass is 19.1. The number of amides is 2. The topological polar surface area (TPSA) is 68.2 Å². The molecule has 1 aromatic heterocycles. The summed E-state index contributed by atoms with van der Waals surface area (Å²) in [6.07, 6.45) is 9.66. The standard InChI is InChI=1S/C18H19FN4O2/c1-3-16(13-6-7-25-11-13)22-18(24)21-14-4-5-17(15(19)8-14)23-10-12(2)9-20-23/h1,4-5,8-10,13,16H,6-7,11H2,2H3,(H2,21,22,24)/t13-,16+/m1/s1. The molecule has 0 spiro atoms. The van der Waals surface area contributed by atoms with Gasteiger partial charge in [-0.15, -0.1) is 6.42 Å². The first-order valence-electron chi connectivity index (χ1n) is 7.99. The zero-order valence-corrected chi connectivity index (χ0v) is 13.8. The summed E-state index contributed by atoms with van der Waals surface area (Å²) < 4.78 is 21.0. The molecule has 2 amide bonds. The molecule has 1 saturated heterocycles. The predicted octanol–water partition coefficient (Wildman–Crippen LogP) is 2.48. The number of carbonyl (C=O) groups is 1. The molecular formula is C18H19FN4O2. The quantitative estimate of drug-likeness (QED) is 0.839. The van der Waals surface area contributed by atoms with E-state index in [-0.39, 0.29) is 5.92 Å². The van der Waals surface area contributed by atoms with E-state index in [1.807, 2.05) is 6.92 Å². The minimum Gasteiger partial charge on any atom is -0.381 e. The molecule has 0 unspecified atom stereocenters. The van der Waals surface area contributed by atoms with Crippen LogP contribution in [0.4, 0.5) is 14.9 Å². The molecule has 0 aliphatic carbocycles. The first-order valence-corrected chi connectivity index (χ1v) is 7.99. The summed E-state index contributed by atoms with van der Waals surface area (Å²) in [5.41, 5.74) is 1.57. The van der Waals surface area contributed by atoms with E-state index >= 15 is 0 Å². The number of hydrogen-bond donors (Lipinski definition) is 2. The van der Waals surface area contributed by atoms with Gasteiger partial charge in [0.05, 0.1) is 18.8 Å². The Hall–Kier alpha value is -2.85. The molecule has 6 nitrogen and oxygen atoms in total. The van der Waals surface area contributed by atoms with Crippen LogP contribution in [0, 0.1) is 31.0 Å². The average Bonchev–Trinajstić information content (AvgIpc) is 3.24. The van der Waals surface area contributed by atoms with E-state index in [0.29, 0.717) is 24.6 Å². The Morgan fingerprint density at radius 1 is 1.56 bits per heavy atom. The second-order valence-corrected chi connectivity index (χ2v) is 5.99. The summed E-state index contributed by atoms with van der Waals surface area (Å²) in [6, 6.07) is 3.52. The smallest absolute Gasteiger partial charge is 0.320 e. The number of carbonyl (C=O) groups excluding carboxylic acids is 1. The van der Waals surface area contributed by atoms with Crippen molar-refractivity contribution >= 4 is 11.7 Å². The third kappa shape index (κ3) is 3.98. The van der Waals surface area contributed by atoms with Crippen molar-refractivity contribution in [3.8, 4) is 18.0 Å². The first kappa shape index (κ1) is 17.0. The fourth-order valence-electron chi connectivity index (χ4n) is 2.73. The lowest BCUT2D eigenvalue weighted by molar-refractivity contribution is 0.181. The van der Waals surface area contributed by atoms with Gasteiger partial charge in [0.2, 0.25) is 0 Å². The number of aryl methyl sites for hydroxylation is 1. The Morgan fingerprint density at radius 3 is 3.00 bits per heavy atom. The van der Waals surface area contributed by atoms with Crippen molar-refractivity contribution in [2.45, 2.75) is 19.4 Å². The number of nitrogens with zero attached hydrogens (tertiary/aromatic N) is 2. The Morgan fingerprint density at radius 2 is 2.40 bits per heavy atom. The van der Waals surface area contributed by atoms with Gasteiger partial charge in [0, 0.05) is 24.4 Å². The monoisotopic (exact) mass is 342 g/mol. The van der Waals surface area contributed by atoms with Crippen LogP contribution in [0.5, 0.6) is 0 Å². The third-order valence-electron chi connectivity index (χ3n) is 4.07. The van der Waals surface area contributed by atoms with Crippen molar-refractivity contribution in [3.63, 3.8) is 0 Å². The van der Waals surface area contributed by atoms with Gasteiger partial charge in [-0.3, -0.25) is 0 Å². The van der Waals surface area contributed by atoms with Crippen molar-refractivity contribution < 1.29 is 13.9 Å². The summed E-state index contributed by atoms with van der Waals surface area (Å²) in [7, 11) is 0. The zero-order valence-electron chi connectivity index (χ0n) is 13.8. The second kappa shape index (κ2) is 7.36. The number of anilines is 1. The average molecular weight is 342 g/mol. The first-order chi connectivity index (χ1) is 12.1. The van der Waals surface area contributed by atoms with Gasteiger partial charge >= 0.3 is 6.03 Å². The number of aromatic nitrogens is 2. The highest BCUT2D eigenvalue weighted by Crippen LogP contribution is 2.19. The van der Waals surface area contributed by atoms with Gasteiger partial charge in [0.1, 0.15) is 5.69 Å². The number of rotatable bonds is 4. The maximum absolute atomic E-state index is 14.3. The molecule has 2 aromatic rings. The van der Waals surface area contributed by atoms with Crippen LogP contribution in [0.25, 0.3) is 5.69 Å². The zero-order chi connectivity index (χ0) is 17.8. The number of halogens is 1. The van der Waals surface area contributed by atoms with Crippen LogP contribution in [-0.4, -0.2) is 35.1 Å². The molecule has 25 heavy (non-hydrogen) atoms. The van der Waals surface area contributed by atoms with Crippen molar-refractivity contribution in [2.75, 3.05) is 18.5 Å². The lowest BCUT2D eigenvalue weighted by Gasteiger charge is -2.18. The van der Waals surface area contributed by atoms with Crippen molar-refractivity contribution in [1.82, 2.24) is 15.1 Å². The van der Waals surface area contributed by atoms with Crippen LogP contribution in [0.2, 0.25) is 0 Å². The van der Waals surface area contributed by atoms with Gasteiger partial charge in [-0.25, -0.2) is 13.9 Å². The van der Waals surface area contributed by atoms with E-state index in [9.17, 15) is 9.18 Å². The van der Waals surface area contributed by atoms with Crippen molar-refractivity contribution in [1.29, 1.82) is 0 Å². The Kier molecular flexibility index (Phi) is 5.00. The lowest BCUT2D eigenvalue weighted by Crippen LogP contribution is -2.42. The SMILES string of the molecule is C#C[C@H](NC(=O)Nc1ccc(-n2cc(C)cn2)c(F)c1)[C@@H]1CCOC1. The van der Waals surface area contributed by atoms with Gasteiger partial charge in [-0.1, -0.05) is 5.92 Å². The normalized spacial score (nSPS) is 17.7. The summed E-state index contributed by atoms with van der Waals surface area (Å²) in [5, 5.41) is 9.39. The summed E-state index contributed by atoms with van der Waals surface area (Å²) in [4.78, 5) is 12.1. The second-order valence-electron chi connectivity index (χ2n) is 5.99. The maximum Gasteiger partial charge on any atom is 0.320 e. The van der Waals surface area contributed by atoms with Crippen LogP contribution in [0.15, 0.2) is 30.6 Å². The molecule has 1 aliphatic heterocycles. The molecular weight excluding hydrogens is 323 g/mol. The van der Waals surface area contributed by atoms with Crippen LogP contribution in [0.1, 0.15) is 12.0 Å². The molecule has 1 fully saturated rings. The molecule has 0 bridgehead atoms. The van der Waals surface area contributed by atoms with Gasteiger partial charge in [0.25, 0.3) is 0 Å². The minimum absolute atomic E-state index is 0.0953. The Balaban J connectivity index is 1.65. The van der Waals surface area contributed by atoms with Crippen LogP contribution in [-0.2, 0) is 4.74 Å². The predicted molar refractivity (Wildman–Crippen MR) is 92.0 cm³/mol. The maximum atomic E-state index is 14.3. The van der Waals surface area contributed by atoms with Gasteiger partial charge < -0.3 is 15.4 Å². The molecule has 130 valence electrons. The number of benzene rings is 1. The van der Waals surface area contributed by atoms with E-state index in [1.54, 1.807) is 24.5 Å². The Labute approximate surface area is 145 Å². The molecule has 7 heteroatoms. The summed E-state index contributed by atoms with van der Waals surface area (Å²) in [5.74, 6) is 2.18. The van der Waals surface area contributed by atoms with Crippen molar-refractivity contribution in [2.24, 2.45) is 5.92 Å². The molecule has 0 saturated carbocycles. The van der Waals surface area contributed by atoms with Crippen LogP contribution in [0.3, 0.4) is 0 Å². The van der Waals surface area contributed by atoms with E-state index in [4.69, 9.17) is 11.2 Å². The van der Waals surface area contributed by atoms with E-state index < -0.39 is 17.9 Å². The molecule has 2 heterocycles. The largest absolute Gasteiger partial charge is 0.381 e. The third-order valence-corrected chi connectivity index (χ3v) is 4.07. The van der Waals surface area contributed by atoms with E-state index in [0.717, 1.165) is 12.0 Å². The molecule has 3 rings (SSSR count). The molecule has 0 radical (unpaired) electrons. The number of terminal acetylenes is 1. The highest BCUT2D eigenvalue weighted by Gasteiger charge is 2.25. The molecule has 1 aromatic carbocycles. The van der Waals surface area contributed by atoms with Crippen LogP contribution < -0.4 is 10.6 Å². The molecule has 2 atom stereocenters. The Bertz CT molecular complexity index is 806. The number of hydrogen-bond acceptors (Lipinski definition) is 3. The molecule has 1 aliphatic rings. The number of urea groups is 1. The van der Waals surface area contributed by atoms with Crippen molar-refractivity contribution in [3.05, 3.63) is 42.0 Å². The minimum atomic E-state index is -0.487. The van der Waals surface area contributed by atoms with Gasteiger partial charge in [-0.05, 0) is 37.1 Å². The van der Waals surface area contributed by atoms with E-state index in [1.165, 1.54) is 10.7 Å². The van der Waals surface area contributed by atoms with Crippen LogP contribution >= 0.6 is 0 Å². The fourth-order valence-corrected chi connectivity index (χ4v) is 2.73. The summed E-state index contributed by atoms with van der Waals surface area (Å²) in [6.45, 7) is 3.05. The van der Waals surface area contributed by atoms with Gasteiger partial charge in [0.15, 0.2) is 5.82 Å². The fraction of sp³-hybridized carbons (Fsp3) is 0.333. The summed E-state index contributed by atoms with van der Waals surface area (Å²) >= 11 is 0.